The molecule has 0 bridgehead atoms. The number of hydrogen-bond acceptors (Lipinski definition) is 5. The Morgan fingerprint density at radius 3 is 2.88 bits per heavy atom. The van der Waals surface area contributed by atoms with E-state index in [4.69, 9.17) is 9.40 Å². The number of imidazole rings is 1. The van der Waals surface area contributed by atoms with E-state index in [1.807, 2.05) is 24.4 Å². The molecule has 1 amide bonds. The van der Waals surface area contributed by atoms with Crippen LogP contribution in [-0.2, 0) is 4.79 Å². The zero-order valence-corrected chi connectivity index (χ0v) is 19.0. The monoisotopic (exact) mass is 442 g/mol. The summed E-state index contributed by atoms with van der Waals surface area (Å²) in [6.07, 6.45) is 9.86. The number of aromatic amines is 1. The number of pyridine rings is 1. The summed E-state index contributed by atoms with van der Waals surface area (Å²) in [5.74, 6) is 1.94. The Bertz CT molecular complexity index is 1410. The number of likely N-dealkylation sites (N-methyl/N-ethyl adjacent to an activating group) is 1. The van der Waals surface area contributed by atoms with Crippen LogP contribution in [0.2, 0.25) is 0 Å². The molecule has 0 radical (unpaired) electrons. The van der Waals surface area contributed by atoms with Crippen LogP contribution in [0, 0.1) is 17.2 Å². The number of carbonyl (C=O) groups excluding carboxylic acids is 1. The van der Waals surface area contributed by atoms with E-state index in [0.29, 0.717) is 23.5 Å². The van der Waals surface area contributed by atoms with Crippen LogP contribution in [0.25, 0.3) is 39.7 Å². The Labute approximate surface area is 191 Å². The summed E-state index contributed by atoms with van der Waals surface area (Å²) in [7, 11) is 3.23. The molecule has 1 N–H and O–H groups in total. The summed E-state index contributed by atoms with van der Waals surface area (Å²) >= 11 is 0. The quantitative estimate of drug-likeness (QED) is 0.357. The third-order valence-electron chi connectivity index (χ3n) is 6.52. The molecular formula is C25H26N6O2. The maximum atomic E-state index is 12.2. The Morgan fingerprint density at radius 2 is 2.12 bits per heavy atom. The van der Waals surface area contributed by atoms with Crippen molar-refractivity contribution in [2.45, 2.75) is 38.6 Å². The largest absolute Gasteiger partial charge is 0.453 e. The molecule has 8 heteroatoms. The molecule has 0 aliphatic heterocycles. The fourth-order valence-corrected chi connectivity index (χ4v) is 4.84. The predicted octanol–water partition coefficient (Wildman–Crippen LogP) is 4.92. The molecule has 4 aromatic rings. The average molecular weight is 443 g/mol. The van der Waals surface area contributed by atoms with Gasteiger partial charge in [0.1, 0.15) is 28.6 Å². The minimum atomic E-state index is -0.361. The lowest BCUT2D eigenvalue weighted by Gasteiger charge is -2.31. The van der Waals surface area contributed by atoms with Gasteiger partial charge in [0.15, 0.2) is 11.6 Å². The molecule has 4 aromatic heterocycles. The number of aromatic nitrogens is 4. The molecule has 1 saturated carbocycles. The number of rotatable bonds is 4. The number of fused-ring (bicyclic) bond motifs is 3. The average Bonchev–Trinajstić information content (AvgIpc) is 3.54. The summed E-state index contributed by atoms with van der Waals surface area (Å²) in [4.78, 5) is 26.3. The van der Waals surface area contributed by atoms with Gasteiger partial charge in [0.25, 0.3) is 5.91 Å². The van der Waals surface area contributed by atoms with E-state index in [0.717, 1.165) is 34.3 Å². The lowest BCUT2D eigenvalue weighted by Crippen LogP contribution is -2.22. The molecule has 168 valence electrons. The molecule has 5 rings (SSSR count). The van der Waals surface area contributed by atoms with Gasteiger partial charge in [-0.3, -0.25) is 4.79 Å². The second kappa shape index (κ2) is 8.24. The van der Waals surface area contributed by atoms with Gasteiger partial charge in [-0.15, -0.1) is 0 Å². The van der Waals surface area contributed by atoms with E-state index in [1.165, 1.54) is 30.2 Å². The molecule has 1 aliphatic rings. The van der Waals surface area contributed by atoms with Crippen molar-refractivity contribution in [3.63, 3.8) is 0 Å². The zero-order valence-electron chi connectivity index (χ0n) is 19.0. The second-order valence-corrected chi connectivity index (χ2v) is 8.94. The molecule has 33 heavy (non-hydrogen) atoms. The molecule has 2 unspecified atom stereocenters. The Kier molecular flexibility index (Phi) is 5.25. The van der Waals surface area contributed by atoms with Gasteiger partial charge in [-0.25, -0.2) is 9.97 Å². The molecule has 0 saturated heterocycles. The summed E-state index contributed by atoms with van der Waals surface area (Å²) in [6.45, 7) is 2.30. The minimum Gasteiger partial charge on any atom is -0.453 e. The maximum Gasteiger partial charge on any atom is 0.264 e. The highest BCUT2D eigenvalue weighted by Crippen LogP contribution is 2.41. The van der Waals surface area contributed by atoms with Crippen molar-refractivity contribution in [2.75, 3.05) is 14.1 Å². The number of H-pyrrole nitrogens is 1. The summed E-state index contributed by atoms with van der Waals surface area (Å²) in [6, 6.07) is 7.94. The Balaban J connectivity index is 1.67. The van der Waals surface area contributed by atoms with Gasteiger partial charge in [0, 0.05) is 37.8 Å². The van der Waals surface area contributed by atoms with E-state index in [9.17, 15) is 10.1 Å². The van der Waals surface area contributed by atoms with Crippen LogP contribution < -0.4 is 0 Å². The Morgan fingerprint density at radius 1 is 1.30 bits per heavy atom. The number of nitriles is 1. The first-order valence-corrected chi connectivity index (χ1v) is 11.3. The standard InChI is InChI=1S/C25H26N6O2/c1-15-6-4-5-7-20(15)31-22-18-10-11-27-23(18)28-14-19(22)29-24(31)21-9-8-17(33-21)12-16(13-26)25(32)30(2)3/h8-12,14-15,20H,4-7H2,1-3H3,(H,27,28)/b16-12+. The second-order valence-electron chi connectivity index (χ2n) is 8.94. The van der Waals surface area contributed by atoms with E-state index in [2.05, 4.69) is 21.5 Å². The van der Waals surface area contributed by atoms with Gasteiger partial charge in [0.05, 0.1) is 11.7 Å². The lowest BCUT2D eigenvalue weighted by molar-refractivity contribution is -0.124. The van der Waals surface area contributed by atoms with Crippen molar-refractivity contribution >= 4 is 34.1 Å². The topological polar surface area (TPSA) is 104 Å². The highest BCUT2D eigenvalue weighted by atomic mass is 16.3. The van der Waals surface area contributed by atoms with Crippen LogP contribution in [0.5, 0.6) is 0 Å². The summed E-state index contributed by atoms with van der Waals surface area (Å²) in [5.41, 5.74) is 2.74. The van der Waals surface area contributed by atoms with Crippen LogP contribution in [0.3, 0.4) is 0 Å². The number of carbonyl (C=O) groups is 1. The number of nitrogens with zero attached hydrogens (tertiary/aromatic N) is 5. The maximum absolute atomic E-state index is 12.2. The van der Waals surface area contributed by atoms with Crippen molar-refractivity contribution in [3.8, 4) is 17.7 Å². The zero-order chi connectivity index (χ0) is 23.1. The molecule has 2 atom stereocenters. The van der Waals surface area contributed by atoms with Gasteiger partial charge < -0.3 is 18.9 Å². The highest BCUT2D eigenvalue weighted by molar-refractivity contribution is 6.02. The van der Waals surface area contributed by atoms with Crippen molar-refractivity contribution in [1.82, 2.24) is 24.4 Å². The molecule has 0 spiro atoms. The van der Waals surface area contributed by atoms with Crippen LogP contribution in [-0.4, -0.2) is 44.4 Å². The van der Waals surface area contributed by atoms with Gasteiger partial charge in [-0.2, -0.15) is 5.26 Å². The summed E-state index contributed by atoms with van der Waals surface area (Å²) < 4.78 is 8.43. The fourth-order valence-electron chi connectivity index (χ4n) is 4.84. The van der Waals surface area contributed by atoms with Gasteiger partial charge in [0.2, 0.25) is 0 Å². The minimum absolute atomic E-state index is 0.0218. The van der Waals surface area contributed by atoms with Crippen LogP contribution in [0.4, 0.5) is 0 Å². The smallest absolute Gasteiger partial charge is 0.264 e. The van der Waals surface area contributed by atoms with Crippen LogP contribution in [0.1, 0.15) is 44.4 Å². The van der Waals surface area contributed by atoms with E-state index in [-0.39, 0.29) is 11.5 Å². The fraction of sp³-hybridized carbons (Fsp3) is 0.360. The SMILES string of the molecule is CC1CCCCC1n1c(-c2ccc(/C=C(\C#N)C(=O)N(C)C)o2)nc2cnc3[nH]ccc3c21. The molecule has 1 fully saturated rings. The molecule has 4 heterocycles. The van der Waals surface area contributed by atoms with Crippen molar-refractivity contribution in [2.24, 2.45) is 5.92 Å². The first kappa shape index (κ1) is 21.0. The van der Waals surface area contributed by atoms with Gasteiger partial charge in [-0.1, -0.05) is 19.8 Å². The number of furan rings is 1. The third-order valence-corrected chi connectivity index (χ3v) is 6.52. The summed E-state index contributed by atoms with van der Waals surface area (Å²) in [5, 5.41) is 10.5. The first-order chi connectivity index (χ1) is 16.0. The third kappa shape index (κ3) is 3.59. The predicted molar refractivity (Wildman–Crippen MR) is 126 cm³/mol. The van der Waals surface area contributed by atoms with Crippen molar-refractivity contribution in [3.05, 3.63) is 41.9 Å². The number of amides is 1. The number of nitrogens with one attached hydrogen (secondary N) is 1. The normalized spacial score (nSPS) is 19.2. The first-order valence-electron chi connectivity index (χ1n) is 11.3. The van der Waals surface area contributed by atoms with Crippen molar-refractivity contribution in [1.29, 1.82) is 5.26 Å². The van der Waals surface area contributed by atoms with Crippen LogP contribution in [0.15, 0.2) is 40.6 Å². The van der Waals surface area contributed by atoms with E-state index >= 15 is 0 Å². The highest BCUT2D eigenvalue weighted by Gasteiger charge is 2.29. The van der Waals surface area contributed by atoms with Crippen molar-refractivity contribution < 1.29 is 9.21 Å². The van der Waals surface area contributed by atoms with Gasteiger partial charge in [-0.05, 0) is 37.0 Å². The molecule has 8 nitrogen and oxygen atoms in total. The molecule has 1 aliphatic carbocycles. The lowest BCUT2D eigenvalue weighted by atomic mass is 9.85. The van der Waals surface area contributed by atoms with E-state index < -0.39 is 0 Å². The van der Waals surface area contributed by atoms with E-state index in [1.54, 1.807) is 26.4 Å². The van der Waals surface area contributed by atoms with Gasteiger partial charge >= 0.3 is 0 Å². The van der Waals surface area contributed by atoms with Crippen LogP contribution >= 0.6 is 0 Å². The Hall–Kier alpha value is -3.86. The molecular weight excluding hydrogens is 416 g/mol. The molecule has 0 aromatic carbocycles. The number of hydrogen-bond donors (Lipinski definition) is 1.